The zero-order chi connectivity index (χ0) is 22.0. The first-order chi connectivity index (χ1) is 14.9. The molecule has 2 atom stereocenters. The summed E-state index contributed by atoms with van der Waals surface area (Å²) in [6.07, 6.45) is 1.46. The van der Waals surface area contributed by atoms with Gasteiger partial charge in [-0.15, -0.1) is 6.58 Å². The molecule has 2 heterocycles. The standard InChI is InChI=1S/C25H29N3O3/c1-4-9-27-14-19(13-24(27)30)25-26-22-7-5-6-8-23(22)28(25)15-20(29)16-31-21-11-17(2)10-18(3)12-21/h4-8,10-12,19-20,29H,1,9,13-16H2,2-3H3/t19-,20+/m1/s1. The Morgan fingerprint density at radius 1 is 1.26 bits per heavy atom. The minimum atomic E-state index is -0.710. The number of nitrogens with zero attached hydrogens (tertiary/aromatic N) is 3. The van der Waals surface area contributed by atoms with Crippen LogP contribution in [-0.2, 0) is 11.3 Å². The molecule has 0 aliphatic carbocycles. The lowest BCUT2D eigenvalue weighted by Gasteiger charge is -2.18. The predicted molar refractivity (Wildman–Crippen MR) is 121 cm³/mol. The Hall–Kier alpha value is -3.12. The maximum atomic E-state index is 12.4. The van der Waals surface area contributed by atoms with E-state index in [1.165, 1.54) is 0 Å². The third kappa shape index (κ3) is 4.64. The van der Waals surface area contributed by atoms with Crippen LogP contribution in [0.15, 0.2) is 55.1 Å². The van der Waals surface area contributed by atoms with E-state index in [2.05, 4.69) is 12.6 Å². The molecule has 6 heteroatoms. The van der Waals surface area contributed by atoms with Crippen molar-refractivity contribution in [2.75, 3.05) is 19.7 Å². The number of para-hydroxylation sites is 2. The third-order valence-electron chi connectivity index (χ3n) is 5.64. The Balaban J connectivity index is 1.54. The number of rotatable bonds is 8. The van der Waals surface area contributed by atoms with Gasteiger partial charge in [-0.3, -0.25) is 4.79 Å². The number of aromatic nitrogens is 2. The molecule has 1 aliphatic heterocycles. The van der Waals surface area contributed by atoms with Crippen molar-refractivity contribution in [2.24, 2.45) is 0 Å². The maximum Gasteiger partial charge on any atom is 0.223 e. The number of aryl methyl sites for hydroxylation is 2. The van der Waals surface area contributed by atoms with Crippen LogP contribution in [0.4, 0.5) is 0 Å². The van der Waals surface area contributed by atoms with Gasteiger partial charge in [-0.1, -0.05) is 24.3 Å². The van der Waals surface area contributed by atoms with E-state index < -0.39 is 6.10 Å². The smallest absolute Gasteiger partial charge is 0.223 e. The summed E-state index contributed by atoms with van der Waals surface area (Å²) in [5.41, 5.74) is 4.08. The largest absolute Gasteiger partial charge is 0.491 e. The molecule has 1 amide bonds. The summed E-state index contributed by atoms with van der Waals surface area (Å²) in [5, 5.41) is 10.8. The van der Waals surface area contributed by atoms with Crippen molar-refractivity contribution in [2.45, 2.75) is 38.8 Å². The van der Waals surface area contributed by atoms with E-state index in [1.54, 1.807) is 11.0 Å². The number of amides is 1. The van der Waals surface area contributed by atoms with Crippen LogP contribution in [0.25, 0.3) is 11.0 Å². The quantitative estimate of drug-likeness (QED) is 0.567. The minimum absolute atomic E-state index is 0.00705. The molecule has 6 nitrogen and oxygen atoms in total. The Bertz CT molecular complexity index is 1080. The number of imidazole rings is 1. The van der Waals surface area contributed by atoms with Gasteiger partial charge in [0.2, 0.25) is 5.91 Å². The molecule has 2 aromatic carbocycles. The van der Waals surface area contributed by atoms with E-state index in [4.69, 9.17) is 9.72 Å². The number of carbonyl (C=O) groups is 1. The highest BCUT2D eigenvalue weighted by Gasteiger charge is 2.33. The van der Waals surface area contributed by atoms with E-state index in [-0.39, 0.29) is 18.4 Å². The zero-order valence-electron chi connectivity index (χ0n) is 18.1. The second-order valence-electron chi connectivity index (χ2n) is 8.35. The number of benzene rings is 2. The topological polar surface area (TPSA) is 67.6 Å². The van der Waals surface area contributed by atoms with E-state index in [1.807, 2.05) is 54.8 Å². The first-order valence-electron chi connectivity index (χ1n) is 10.7. The van der Waals surface area contributed by atoms with Crippen LogP contribution >= 0.6 is 0 Å². The lowest BCUT2D eigenvalue weighted by Crippen LogP contribution is -2.26. The molecule has 1 fully saturated rings. The van der Waals surface area contributed by atoms with Crippen LogP contribution in [0.1, 0.15) is 29.3 Å². The average molecular weight is 420 g/mol. The van der Waals surface area contributed by atoms with Crippen LogP contribution in [0.2, 0.25) is 0 Å². The molecule has 0 unspecified atom stereocenters. The fourth-order valence-electron chi connectivity index (χ4n) is 4.35. The summed E-state index contributed by atoms with van der Waals surface area (Å²) in [6, 6.07) is 13.9. The molecule has 0 bridgehead atoms. The fourth-order valence-corrected chi connectivity index (χ4v) is 4.35. The molecule has 162 valence electrons. The molecule has 4 rings (SSSR count). The molecule has 3 aromatic rings. The number of hydrogen-bond donors (Lipinski definition) is 1. The Labute approximate surface area is 182 Å². The lowest BCUT2D eigenvalue weighted by atomic mass is 10.1. The van der Waals surface area contributed by atoms with Crippen molar-refractivity contribution in [1.82, 2.24) is 14.5 Å². The molecule has 1 saturated heterocycles. The lowest BCUT2D eigenvalue weighted by molar-refractivity contribution is -0.127. The van der Waals surface area contributed by atoms with Crippen molar-refractivity contribution >= 4 is 16.9 Å². The van der Waals surface area contributed by atoms with E-state index in [0.717, 1.165) is 33.7 Å². The number of aliphatic hydroxyl groups excluding tert-OH is 1. The zero-order valence-corrected chi connectivity index (χ0v) is 18.1. The second kappa shape index (κ2) is 8.94. The molecule has 0 saturated carbocycles. The molecule has 31 heavy (non-hydrogen) atoms. The van der Waals surface area contributed by atoms with E-state index in [0.29, 0.717) is 26.1 Å². The van der Waals surface area contributed by atoms with Crippen LogP contribution < -0.4 is 4.74 Å². The van der Waals surface area contributed by atoms with Gasteiger partial charge in [0.25, 0.3) is 0 Å². The molecular formula is C25H29N3O3. The number of aliphatic hydroxyl groups is 1. The highest BCUT2D eigenvalue weighted by molar-refractivity contribution is 5.81. The van der Waals surface area contributed by atoms with E-state index in [9.17, 15) is 9.90 Å². The number of hydrogen-bond acceptors (Lipinski definition) is 4. The number of carbonyl (C=O) groups excluding carboxylic acids is 1. The molecule has 1 aliphatic rings. The third-order valence-corrected chi connectivity index (χ3v) is 5.64. The fraction of sp³-hybridized carbons (Fsp3) is 0.360. The van der Waals surface area contributed by atoms with Crippen LogP contribution in [-0.4, -0.2) is 51.3 Å². The predicted octanol–water partition coefficient (Wildman–Crippen LogP) is 3.59. The van der Waals surface area contributed by atoms with Crippen LogP contribution in [0.3, 0.4) is 0 Å². The summed E-state index contributed by atoms with van der Waals surface area (Å²) in [4.78, 5) is 19.0. The summed E-state index contributed by atoms with van der Waals surface area (Å²) in [6.45, 7) is 9.49. The molecular weight excluding hydrogens is 390 g/mol. The summed E-state index contributed by atoms with van der Waals surface area (Å²) in [5.74, 6) is 1.70. The number of ether oxygens (including phenoxy) is 1. The SMILES string of the molecule is C=CCN1C[C@H](c2nc3ccccc3n2C[C@H](O)COc2cc(C)cc(C)c2)CC1=O. The summed E-state index contributed by atoms with van der Waals surface area (Å²) < 4.78 is 7.91. The van der Waals surface area contributed by atoms with Gasteiger partial charge >= 0.3 is 0 Å². The van der Waals surface area contributed by atoms with Gasteiger partial charge in [0, 0.05) is 25.4 Å². The van der Waals surface area contributed by atoms with Gasteiger partial charge in [-0.25, -0.2) is 4.98 Å². The second-order valence-corrected chi connectivity index (χ2v) is 8.35. The normalized spacial score (nSPS) is 17.3. The van der Waals surface area contributed by atoms with Crippen molar-refractivity contribution in [3.63, 3.8) is 0 Å². The van der Waals surface area contributed by atoms with E-state index >= 15 is 0 Å². The maximum absolute atomic E-state index is 12.4. The average Bonchev–Trinajstić information content (AvgIpc) is 3.27. The van der Waals surface area contributed by atoms with Gasteiger partial charge < -0.3 is 19.3 Å². The van der Waals surface area contributed by atoms with Gasteiger partial charge in [-0.2, -0.15) is 0 Å². The van der Waals surface area contributed by atoms with Gasteiger partial charge in [0.05, 0.1) is 17.6 Å². The molecule has 0 radical (unpaired) electrons. The Morgan fingerprint density at radius 3 is 2.74 bits per heavy atom. The number of fused-ring (bicyclic) bond motifs is 1. The van der Waals surface area contributed by atoms with Crippen molar-refractivity contribution in [3.8, 4) is 5.75 Å². The number of likely N-dealkylation sites (tertiary alicyclic amines) is 1. The Morgan fingerprint density at radius 2 is 2.00 bits per heavy atom. The molecule has 0 spiro atoms. The highest BCUT2D eigenvalue weighted by atomic mass is 16.5. The summed E-state index contributed by atoms with van der Waals surface area (Å²) in [7, 11) is 0. The molecule has 1 N–H and O–H groups in total. The van der Waals surface area contributed by atoms with Crippen LogP contribution in [0.5, 0.6) is 5.75 Å². The molecule has 1 aromatic heterocycles. The first-order valence-corrected chi connectivity index (χ1v) is 10.7. The minimum Gasteiger partial charge on any atom is -0.491 e. The van der Waals surface area contributed by atoms with Gasteiger partial charge in [-0.05, 0) is 49.2 Å². The van der Waals surface area contributed by atoms with Crippen molar-refractivity contribution in [3.05, 3.63) is 72.1 Å². The first kappa shape index (κ1) is 21.1. The summed E-state index contributed by atoms with van der Waals surface area (Å²) >= 11 is 0. The Kier molecular flexibility index (Phi) is 6.09. The van der Waals surface area contributed by atoms with Crippen molar-refractivity contribution < 1.29 is 14.6 Å². The monoisotopic (exact) mass is 419 g/mol. The highest BCUT2D eigenvalue weighted by Crippen LogP contribution is 2.30. The van der Waals surface area contributed by atoms with Gasteiger partial charge in [0.1, 0.15) is 24.3 Å². The van der Waals surface area contributed by atoms with Crippen molar-refractivity contribution in [1.29, 1.82) is 0 Å². The van der Waals surface area contributed by atoms with Crippen LogP contribution in [0, 0.1) is 13.8 Å². The van der Waals surface area contributed by atoms with Gasteiger partial charge in [0.15, 0.2) is 0 Å².